The van der Waals surface area contributed by atoms with Gasteiger partial charge in [0.25, 0.3) is 0 Å². The van der Waals surface area contributed by atoms with Crippen LogP contribution in [-0.2, 0) is 35.4 Å². The smallest absolute Gasteiger partial charge is 0.227 e. The molecule has 2 aliphatic rings. The van der Waals surface area contributed by atoms with Gasteiger partial charge < -0.3 is 14.7 Å². The molecule has 7 heteroatoms. The Bertz CT molecular complexity index is 1040. The minimum Gasteiger partial charge on any atom is -0.363 e. The molecule has 2 amide bonds. The summed E-state index contributed by atoms with van der Waals surface area (Å²) in [5.41, 5.74) is 4.73. The molecule has 4 rings (SSSR count). The third-order valence-electron chi connectivity index (χ3n) is 6.82. The first-order valence-electron chi connectivity index (χ1n) is 12.0. The van der Waals surface area contributed by atoms with Gasteiger partial charge in [0.1, 0.15) is 5.82 Å². The maximum Gasteiger partial charge on any atom is 0.227 e. The van der Waals surface area contributed by atoms with Gasteiger partial charge in [-0.2, -0.15) is 0 Å². The Morgan fingerprint density at radius 1 is 1.03 bits per heavy atom. The van der Waals surface area contributed by atoms with Crippen molar-refractivity contribution < 1.29 is 9.59 Å². The number of aryl methyl sites for hydroxylation is 2. The number of likely N-dealkylation sites (tertiary alicyclic amines) is 1. The van der Waals surface area contributed by atoms with Crippen molar-refractivity contribution in [1.29, 1.82) is 0 Å². The standard InChI is InChI=1S/C26H35N5O2/c1-18(32)30(4)17-22-16-24(29(2)3)28-26(27-22)23-10-7-13-31(23)25(33)15-19-11-12-20-8-5-6-9-21(20)14-19/h11-12,14,16,23H,5-10,13,15,17H2,1-4H3/t23-/m0/s1. The quantitative estimate of drug-likeness (QED) is 0.677. The summed E-state index contributed by atoms with van der Waals surface area (Å²) in [6.07, 6.45) is 6.98. The predicted octanol–water partition coefficient (Wildman–Crippen LogP) is 3.31. The van der Waals surface area contributed by atoms with E-state index in [1.807, 2.05) is 30.0 Å². The second kappa shape index (κ2) is 9.89. The van der Waals surface area contributed by atoms with E-state index in [0.717, 1.165) is 49.3 Å². The summed E-state index contributed by atoms with van der Waals surface area (Å²) in [4.78, 5) is 40.2. The Morgan fingerprint density at radius 2 is 1.79 bits per heavy atom. The monoisotopic (exact) mass is 449 g/mol. The van der Waals surface area contributed by atoms with Gasteiger partial charge in [-0.1, -0.05) is 18.2 Å². The van der Waals surface area contributed by atoms with Crippen molar-refractivity contribution in [2.75, 3.05) is 32.6 Å². The number of hydrogen-bond donors (Lipinski definition) is 0. The van der Waals surface area contributed by atoms with Crippen molar-refractivity contribution in [2.24, 2.45) is 0 Å². The molecule has 0 unspecified atom stereocenters. The second-order valence-corrected chi connectivity index (χ2v) is 9.58. The van der Waals surface area contributed by atoms with E-state index < -0.39 is 0 Å². The van der Waals surface area contributed by atoms with Gasteiger partial charge in [0.05, 0.1) is 24.7 Å². The van der Waals surface area contributed by atoms with Crippen LogP contribution in [0.15, 0.2) is 24.3 Å². The van der Waals surface area contributed by atoms with Crippen LogP contribution >= 0.6 is 0 Å². The minimum absolute atomic E-state index is 0.00992. The number of aromatic nitrogens is 2. The number of rotatable bonds is 6. The van der Waals surface area contributed by atoms with E-state index in [4.69, 9.17) is 9.97 Å². The Hall–Kier alpha value is -2.96. The molecule has 1 aliphatic heterocycles. The first kappa shape index (κ1) is 23.2. The average molecular weight is 450 g/mol. The fourth-order valence-electron chi connectivity index (χ4n) is 4.82. The van der Waals surface area contributed by atoms with Gasteiger partial charge in [0.15, 0.2) is 5.82 Å². The summed E-state index contributed by atoms with van der Waals surface area (Å²) >= 11 is 0. The zero-order chi connectivity index (χ0) is 23.5. The third kappa shape index (κ3) is 5.34. The molecule has 2 aromatic rings. The van der Waals surface area contributed by atoms with Crippen molar-refractivity contribution in [2.45, 2.75) is 64.5 Å². The molecule has 1 aromatic heterocycles. The molecule has 2 heterocycles. The van der Waals surface area contributed by atoms with Crippen LogP contribution in [0.5, 0.6) is 0 Å². The minimum atomic E-state index is -0.128. The normalized spacial score (nSPS) is 17.6. The Balaban J connectivity index is 1.55. The number of amides is 2. The number of carbonyl (C=O) groups is 2. The number of nitrogens with zero attached hydrogens (tertiary/aromatic N) is 5. The van der Waals surface area contributed by atoms with Gasteiger partial charge in [-0.05, 0) is 55.2 Å². The van der Waals surface area contributed by atoms with Crippen LogP contribution in [0.25, 0.3) is 0 Å². The summed E-state index contributed by atoms with van der Waals surface area (Å²) in [5.74, 6) is 1.59. The molecule has 0 saturated carbocycles. The first-order chi connectivity index (χ1) is 15.8. The van der Waals surface area contributed by atoms with Crippen LogP contribution in [0.4, 0.5) is 5.82 Å². The third-order valence-corrected chi connectivity index (χ3v) is 6.82. The lowest BCUT2D eigenvalue weighted by Crippen LogP contribution is -2.33. The summed E-state index contributed by atoms with van der Waals surface area (Å²) in [7, 11) is 5.65. The molecular formula is C26H35N5O2. The van der Waals surface area contributed by atoms with Gasteiger partial charge in [-0.25, -0.2) is 9.97 Å². The lowest BCUT2D eigenvalue weighted by atomic mass is 9.90. The van der Waals surface area contributed by atoms with Gasteiger partial charge in [-0.15, -0.1) is 0 Å². The van der Waals surface area contributed by atoms with Crippen molar-refractivity contribution in [3.8, 4) is 0 Å². The van der Waals surface area contributed by atoms with E-state index in [0.29, 0.717) is 18.8 Å². The molecule has 0 bridgehead atoms. The highest BCUT2D eigenvalue weighted by Gasteiger charge is 2.32. The first-order valence-corrected chi connectivity index (χ1v) is 12.0. The van der Waals surface area contributed by atoms with Gasteiger partial charge >= 0.3 is 0 Å². The van der Waals surface area contributed by atoms with Crippen molar-refractivity contribution in [3.05, 3.63) is 52.5 Å². The summed E-state index contributed by atoms with van der Waals surface area (Å²) in [5, 5.41) is 0. The van der Waals surface area contributed by atoms with Gasteiger partial charge in [0.2, 0.25) is 11.8 Å². The zero-order valence-corrected chi connectivity index (χ0v) is 20.3. The zero-order valence-electron chi connectivity index (χ0n) is 20.3. The van der Waals surface area contributed by atoms with Gasteiger partial charge in [0, 0.05) is 40.7 Å². The van der Waals surface area contributed by atoms with E-state index in [1.54, 1.807) is 18.9 Å². The van der Waals surface area contributed by atoms with Crippen LogP contribution in [0.3, 0.4) is 0 Å². The highest BCUT2D eigenvalue weighted by molar-refractivity contribution is 5.79. The van der Waals surface area contributed by atoms with E-state index in [-0.39, 0.29) is 17.9 Å². The number of benzene rings is 1. The van der Waals surface area contributed by atoms with E-state index in [1.165, 1.54) is 24.0 Å². The largest absolute Gasteiger partial charge is 0.363 e. The number of hydrogen-bond acceptors (Lipinski definition) is 5. The fraction of sp³-hybridized carbons (Fsp3) is 0.538. The molecule has 7 nitrogen and oxygen atoms in total. The van der Waals surface area contributed by atoms with Crippen LogP contribution in [0.2, 0.25) is 0 Å². The van der Waals surface area contributed by atoms with Gasteiger partial charge in [-0.3, -0.25) is 9.59 Å². The molecule has 0 radical (unpaired) electrons. The molecular weight excluding hydrogens is 414 g/mol. The van der Waals surface area contributed by atoms with Crippen LogP contribution in [-0.4, -0.2) is 59.3 Å². The Kier molecular flexibility index (Phi) is 6.96. The summed E-state index contributed by atoms with van der Waals surface area (Å²) in [6.45, 7) is 2.70. The van der Waals surface area contributed by atoms with Crippen LogP contribution in [0, 0.1) is 0 Å². The topological polar surface area (TPSA) is 69.6 Å². The fourth-order valence-corrected chi connectivity index (χ4v) is 4.82. The number of fused-ring (bicyclic) bond motifs is 1. The highest BCUT2D eigenvalue weighted by atomic mass is 16.2. The Morgan fingerprint density at radius 3 is 2.52 bits per heavy atom. The van der Waals surface area contributed by atoms with E-state index in [2.05, 4.69) is 18.2 Å². The van der Waals surface area contributed by atoms with E-state index in [9.17, 15) is 9.59 Å². The summed E-state index contributed by atoms with van der Waals surface area (Å²) < 4.78 is 0. The molecule has 1 fully saturated rings. The van der Waals surface area contributed by atoms with E-state index >= 15 is 0 Å². The lowest BCUT2D eigenvalue weighted by molar-refractivity contribution is -0.131. The number of anilines is 1. The molecule has 1 aromatic carbocycles. The van der Waals surface area contributed by atoms with Crippen LogP contribution < -0.4 is 4.90 Å². The molecule has 0 spiro atoms. The molecule has 0 N–H and O–H groups in total. The van der Waals surface area contributed by atoms with Crippen LogP contribution in [0.1, 0.15) is 66.9 Å². The average Bonchev–Trinajstić information content (AvgIpc) is 3.29. The second-order valence-electron chi connectivity index (χ2n) is 9.58. The molecule has 1 aliphatic carbocycles. The molecule has 33 heavy (non-hydrogen) atoms. The number of carbonyl (C=O) groups excluding carboxylic acids is 2. The molecule has 176 valence electrons. The predicted molar refractivity (Wildman–Crippen MR) is 129 cm³/mol. The van der Waals surface area contributed by atoms with Crippen molar-refractivity contribution >= 4 is 17.6 Å². The maximum absolute atomic E-state index is 13.3. The highest BCUT2D eigenvalue weighted by Crippen LogP contribution is 2.32. The summed E-state index contributed by atoms with van der Waals surface area (Å²) in [6, 6.07) is 8.34. The van der Waals surface area contributed by atoms with Crippen molar-refractivity contribution in [3.63, 3.8) is 0 Å². The Labute approximate surface area is 196 Å². The molecule has 1 saturated heterocycles. The lowest BCUT2D eigenvalue weighted by Gasteiger charge is -2.26. The maximum atomic E-state index is 13.3. The van der Waals surface area contributed by atoms with Crippen molar-refractivity contribution in [1.82, 2.24) is 19.8 Å². The molecule has 1 atom stereocenters. The SMILES string of the molecule is CC(=O)N(C)Cc1cc(N(C)C)nc([C@@H]2CCCN2C(=O)Cc2ccc3c(c2)CCCC3)n1.